The van der Waals surface area contributed by atoms with E-state index in [-0.39, 0.29) is 11.9 Å². The van der Waals surface area contributed by atoms with Crippen molar-refractivity contribution in [2.24, 2.45) is 7.05 Å². The highest BCUT2D eigenvalue weighted by Gasteiger charge is 2.23. The lowest BCUT2D eigenvalue weighted by Crippen LogP contribution is -2.42. The van der Waals surface area contributed by atoms with Crippen LogP contribution in [0.25, 0.3) is 0 Å². The highest BCUT2D eigenvalue weighted by atomic mass is 35.5. The first-order valence-electron chi connectivity index (χ1n) is 9.63. The maximum atomic E-state index is 12.6. The minimum absolute atomic E-state index is 0.0512. The number of nitrogens with one attached hydrogen (secondary N) is 1. The van der Waals surface area contributed by atoms with E-state index in [1.807, 2.05) is 24.1 Å². The second-order valence-electron chi connectivity index (χ2n) is 7.26. The molecule has 2 aliphatic rings. The summed E-state index contributed by atoms with van der Waals surface area (Å²) in [5.74, 6) is 0.572. The lowest BCUT2D eigenvalue weighted by atomic mass is 10.1. The van der Waals surface area contributed by atoms with Crippen LogP contribution in [-0.2, 0) is 11.8 Å². The van der Waals surface area contributed by atoms with Crippen LogP contribution in [0.1, 0.15) is 23.2 Å². The zero-order valence-corrected chi connectivity index (χ0v) is 16.7. The number of ether oxygens (including phenoxy) is 1. The number of morpholine rings is 1. The second kappa shape index (κ2) is 8.36. The van der Waals surface area contributed by atoms with Crippen molar-refractivity contribution in [1.82, 2.24) is 19.7 Å². The van der Waals surface area contributed by atoms with E-state index in [9.17, 15) is 4.79 Å². The monoisotopic (exact) mass is 404 g/mol. The number of aryl methyl sites for hydroxylation is 1. The topological polar surface area (TPSA) is 75.5 Å². The summed E-state index contributed by atoms with van der Waals surface area (Å²) in [7, 11) is 1.92. The largest absolute Gasteiger partial charge is 0.378 e. The fourth-order valence-electron chi connectivity index (χ4n) is 3.70. The number of rotatable bonds is 4. The first-order chi connectivity index (χ1) is 13.6. The summed E-state index contributed by atoms with van der Waals surface area (Å²) in [6.07, 6.45) is 7.65. The number of carbonyl (C=O) groups excluding carboxylic acids is 1. The van der Waals surface area contributed by atoms with Crippen molar-refractivity contribution in [3.63, 3.8) is 0 Å². The fraction of sp³-hybridized carbons (Fsp3) is 0.526. The SMILES string of the molecule is Cn1cc(N2CCCC(Nc3ncc(C(=O)N4CCOCC4)cc3Cl)C2)cn1. The van der Waals surface area contributed by atoms with Crippen LogP contribution in [0.2, 0.25) is 5.02 Å². The van der Waals surface area contributed by atoms with Gasteiger partial charge in [-0.25, -0.2) is 4.98 Å². The van der Waals surface area contributed by atoms with Gasteiger partial charge in [-0.2, -0.15) is 5.10 Å². The third-order valence-corrected chi connectivity index (χ3v) is 5.49. The average Bonchev–Trinajstić information content (AvgIpc) is 3.16. The van der Waals surface area contributed by atoms with Crippen molar-refractivity contribution >= 4 is 29.0 Å². The third kappa shape index (κ3) is 4.23. The zero-order valence-electron chi connectivity index (χ0n) is 16.0. The molecule has 2 aromatic heterocycles. The summed E-state index contributed by atoms with van der Waals surface area (Å²) in [5, 5.41) is 8.17. The Balaban J connectivity index is 1.41. The van der Waals surface area contributed by atoms with Crippen molar-refractivity contribution in [3.05, 3.63) is 35.2 Å². The molecule has 0 radical (unpaired) electrons. The molecular formula is C19H25ClN6O2. The lowest BCUT2D eigenvalue weighted by Gasteiger charge is -2.34. The van der Waals surface area contributed by atoms with Crippen LogP contribution < -0.4 is 10.2 Å². The number of anilines is 2. The van der Waals surface area contributed by atoms with Gasteiger partial charge in [-0.1, -0.05) is 11.6 Å². The molecule has 0 aliphatic carbocycles. The Labute approximate surface area is 169 Å². The molecule has 9 heteroatoms. The van der Waals surface area contributed by atoms with Crippen LogP contribution >= 0.6 is 11.6 Å². The Bertz CT molecular complexity index is 836. The van der Waals surface area contributed by atoms with E-state index >= 15 is 0 Å². The van der Waals surface area contributed by atoms with Crippen molar-refractivity contribution < 1.29 is 9.53 Å². The van der Waals surface area contributed by atoms with Gasteiger partial charge in [0.1, 0.15) is 5.82 Å². The zero-order chi connectivity index (χ0) is 19.5. The van der Waals surface area contributed by atoms with E-state index in [0.717, 1.165) is 31.6 Å². The van der Waals surface area contributed by atoms with Crippen molar-refractivity contribution in [3.8, 4) is 0 Å². The summed E-state index contributed by atoms with van der Waals surface area (Å²) in [6, 6.07) is 1.94. The van der Waals surface area contributed by atoms with E-state index in [1.165, 1.54) is 0 Å². The van der Waals surface area contributed by atoms with Crippen LogP contribution in [0.5, 0.6) is 0 Å². The molecule has 2 aliphatic heterocycles. The van der Waals surface area contributed by atoms with Crippen LogP contribution in [0.15, 0.2) is 24.7 Å². The van der Waals surface area contributed by atoms with Gasteiger partial charge in [-0.15, -0.1) is 0 Å². The molecule has 28 heavy (non-hydrogen) atoms. The molecule has 1 unspecified atom stereocenters. The van der Waals surface area contributed by atoms with Crippen LogP contribution in [0.4, 0.5) is 11.5 Å². The van der Waals surface area contributed by atoms with E-state index in [2.05, 4.69) is 20.3 Å². The van der Waals surface area contributed by atoms with E-state index in [0.29, 0.717) is 42.7 Å². The van der Waals surface area contributed by atoms with Crippen LogP contribution in [0.3, 0.4) is 0 Å². The number of piperidine rings is 1. The molecule has 150 valence electrons. The number of pyridine rings is 1. The molecule has 2 aromatic rings. The molecule has 4 heterocycles. The third-order valence-electron chi connectivity index (χ3n) is 5.21. The Morgan fingerprint density at radius 1 is 1.29 bits per heavy atom. The van der Waals surface area contributed by atoms with Crippen molar-refractivity contribution in [2.75, 3.05) is 49.6 Å². The predicted molar refractivity (Wildman–Crippen MR) is 108 cm³/mol. The van der Waals surface area contributed by atoms with Crippen LogP contribution in [-0.4, -0.2) is 71.0 Å². The van der Waals surface area contributed by atoms with E-state index < -0.39 is 0 Å². The smallest absolute Gasteiger partial charge is 0.255 e. The molecule has 4 rings (SSSR count). The highest BCUT2D eigenvalue weighted by Crippen LogP contribution is 2.25. The molecule has 0 bridgehead atoms. The van der Waals surface area contributed by atoms with E-state index in [4.69, 9.17) is 16.3 Å². The summed E-state index contributed by atoms with van der Waals surface area (Å²) in [5.41, 5.74) is 1.64. The molecule has 0 saturated carbocycles. The molecule has 8 nitrogen and oxygen atoms in total. The molecule has 1 N–H and O–H groups in total. The lowest BCUT2D eigenvalue weighted by molar-refractivity contribution is 0.0302. The molecular weight excluding hydrogens is 380 g/mol. The van der Waals surface area contributed by atoms with E-state index in [1.54, 1.807) is 17.2 Å². The summed E-state index contributed by atoms with van der Waals surface area (Å²) >= 11 is 6.44. The number of nitrogens with zero attached hydrogens (tertiary/aromatic N) is 5. The standard InChI is InChI=1S/C19H25ClN6O2/c1-24-13-16(11-22-24)26-4-2-3-15(12-26)23-18-17(20)9-14(10-21-18)19(27)25-5-7-28-8-6-25/h9-11,13,15H,2-8,12H2,1H3,(H,21,23). The minimum atomic E-state index is -0.0512. The minimum Gasteiger partial charge on any atom is -0.378 e. The summed E-state index contributed by atoms with van der Waals surface area (Å²) in [4.78, 5) is 21.1. The van der Waals surface area contributed by atoms with Gasteiger partial charge in [-0.05, 0) is 18.9 Å². The number of amides is 1. The number of carbonyl (C=O) groups is 1. The second-order valence-corrected chi connectivity index (χ2v) is 7.67. The number of aromatic nitrogens is 3. The van der Waals surface area contributed by atoms with Gasteiger partial charge in [0.2, 0.25) is 0 Å². The van der Waals surface area contributed by atoms with Crippen molar-refractivity contribution in [2.45, 2.75) is 18.9 Å². The summed E-state index contributed by atoms with van der Waals surface area (Å²) in [6.45, 7) is 4.21. The van der Waals surface area contributed by atoms with Crippen molar-refractivity contribution in [1.29, 1.82) is 0 Å². The number of hydrogen-bond acceptors (Lipinski definition) is 6. The van der Waals surface area contributed by atoms with Gasteiger partial charge in [0.15, 0.2) is 0 Å². The Morgan fingerprint density at radius 2 is 2.11 bits per heavy atom. The quantitative estimate of drug-likeness (QED) is 0.840. The first kappa shape index (κ1) is 19.0. The number of halogens is 1. The van der Waals surface area contributed by atoms with Gasteiger partial charge >= 0.3 is 0 Å². The molecule has 2 fully saturated rings. The first-order valence-corrected chi connectivity index (χ1v) is 10.0. The summed E-state index contributed by atoms with van der Waals surface area (Å²) < 4.78 is 7.11. The van der Waals surface area contributed by atoms with Gasteiger partial charge in [0.25, 0.3) is 5.91 Å². The van der Waals surface area contributed by atoms with Gasteiger partial charge in [0, 0.05) is 51.7 Å². The molecule has 2 saturated heterocycles. The fourth-order valence-corrected chi connectivity index (χ4v) is 3.93. The normalized spacial score (nSPS) is 20.3. The molecule has 1 amide bonds. The van der Waals surface area contributed by atoms with Gasteiger partial charge in [0.05, 0.1) is 35.7 Å². The molecule has 0 spiro atoms. The van der Waals surface area contributed by atoms with Gasteiger partial charge in [-0.3, -0.25) is 9.48 Å². The Morgan fingerprint density at radius 3 is 2.82 bits per heavy atom. The molecule has 1 atom stereocenters. The Hall–Kier alpha value is -2.32. The number of hydrogen-bond donors (Lipinski definition) is 1. The molecule has 0 aromatic carbocycles. The highest BCUT2D eigenvalue weighted by molar-refractivity contribution is 6.33. The van der Waals surface area contributed by atoms with Crippen LogP contribution in [0, 0.1) is 0 Å². The Kier molecular flexibility index (Phi) is 5.68. The van der Waals surface area contributed by atoms with Gasteiger partial charge < -0.3 is 19.9 Å². The maximum absolute atomic E-state index is 12.6. The predicted octanol–water partition coefficient (Wildman–Crippen LogP) is 2.02. The average molecular weight is 405 g/mol. The maximum Gasteiger partial charge on any atom is 0.255 e.